The number of carbonyl (C=O) groups excluding carboxylic acids is 1. The lowest BCUT2D eigenvalue weighted by Crippen LogP contribution is -2.26. The molecule has 1 heterocycles. The first-order chi connectivity index (χ1) is 11.1. The molecule has 0 saturated heterocycles. The summed E-state index contributed by atoms with van der Waals surface area (Å²) in [5.74, 6) is -0.200. The van der Waals surface area contributed by atoms with Crippen molar-refractivity contribution >= 4 is 38.4 Å². The molecule has 0 saturated carbocycles. The zero-order valence-electron chi connectivity index (χ0n) is 12.4. The van der Waals surface area contributed by atoms with Crippen LogP contribution in [0.2, 0.25) is 0 Å². The van der Waals surface area contributed by atoms with Crippen LogP contribution in [0.15, 0.2) is 64.0 Å². The molecule has 0 bridgehead atoms. The maximum absolute atomic E-state index is 12.5. The fourth-order valence-corrected chi connectivity index (χ4v) is 2.59. The third kappa shape index (κ3) is 3.17. The number of anilines is 1. The van der Waals surface area contributed by atoms with E-state index in [2.05, 4.69) is 26.3 Å². The van der Waals surface area contributed by atoms with E-state index in [1.165, 1.54) is 6.20 Å². The third-order valence-corrected chi connectivity index (χ3v) is 4.10. The molecule has 0 aliphatic carbocycles. The fourth-order valence-electron chi connectivity index (χ4n) is 2.33. The van der Waals surface area contributed by atoms with Gasteiger partial charge in [0, 0.05) is 15.5 Å². The molecule has 23 heavy (non-hydrogen) atoms. The number of hydrogen-bond donors (Lipinski definition) is 1. The second-order valence-corrected chi connectivity index (χ2v) is 6.06. The van der Waals surface area contributed by atoms with Gasteiger partial charge >= 0.3 is 0 Å². The van der Waals surface area contributed by atoms with Crippen LogP contribution in [0.3, 0.4) is 0 Å². The summed E-state index contributed by atoms with van der Waals surface area (Å²) in [7, 11) is 0. The van der Waals surface area contributed by atoms with E-state index in [9.17, 15) is 9.59 Å². The highest BCUT2D eigenvalue weighted by atomic mass is 79.9. The summed E-state index contributed by atoms with van der Waals surface area (Å²) >= 11 is 3.35. The van der Waals surface area contributed by atoms with Crippen molar-refractivity contribution in [2.75, 3.05) is 5.32 Å². The lowest BCUT2D eigenvalue weighted by atomic mass is 10.2. The zero-order valence-corrected chi connectivity index (χ0v) is 13.9. The van der Waals surface area contributed by atoms with Gasteiger partial charge in [0.05, 0.1) is 11.7 Å². The molecule has 0 spiro atoms. The maximum Gasteiger partial charge on any atom is 0.248 e. The van der Waals surface area contributed by atoms with Crippen molar-refractivity contribution in [2.24, 2.45) is 0 Å². The second-order valence-electron chi connectivity index (χ2n) is 5.14. The van der Waals surface area contributed by atoms with Gasteiger partial charge in [-0.3, -0.25) is 14.3 Å². The number of para-hydroxylation sites is 1. The standard InChI is InChI=1S/C17H14BrN3O2/c1-11(17(23)20-13-8-6-12(18)7-9-13)21-15-5-3-2-4-14(15)16(22)10-19-21/h2-11H,1H3,(H,20,23)/t11-/m0/s1. The Hall–Kier alpha value is -2.47. The molecule has 3 rings (SSSR count). The number of nitrogens with one attached hydrogen (secondary N) is 1. The number of fused-ring (bicyclic) bond motifs is 1. The monoisotopic (exact) mass is 371 g/mol. The molecule has 1 amide bonds. The average molecular weight is 372 g/mol. The molecule has 0 aliphatic rings. The van der Waals surface area contributed by atoms with Gasteiger partial charge in [0.2, 0.25) is 11.3 Å². The number of nitrogens with zero attached hydrogens (tertiary/aromatic N) is 2. The van der Waals surface area contributed by atoms with Crippen LogP contribution in [-0.4, -0.2) is 15.7 Å². The minimum Gasteiger partial charge on any atom is -0.324 e. The highest BCUT2D eigenvalue weighted by molar-refractivity contribution is 9.10. The lowest BCUT2D eigenvalue weighted by Gasteiger charge is -2.16. The molecule has 0 radical (unpaired) electrons. The van der Waals surface area contributed by atoms with E-state index in [4.69, 9.17) is 0 Å². The van der Waals surface area contributed by atoms with E-state index in [1.54, 1.807) is 29.8 Å². The van der Waals surface area contributed by atoms with Crippen molar-refractivity contribution in [1.29, 1.82) is 0 Å². The minimum atomic E-state index is -0.552. The van der Waals surface area contributed by atoms with Crippen LogP contribution < -0.4 is 10.7 Å². The van der Waals surface area contributed by atoms with Gasteiger partial charge in [-0.05, 0) is 43.3 Å². The smallest absolute Gasteiger partial charge is 0.248 e. The highest BCUT2D eigenvalue weighted by Crippen LogP contribution is 2.18. The molecule has 0 unspecified atom stereocenters. The van der Waals surface area contributed by atoms with E-state index in [0.717, 1.165) is 4.47 Å². The summed E-state index contributed by atoms with van der Waals surface area (Å²) in [6.45, 7) is 1.75. The Morgan fingerprint density at radius 1 is 1.17 bits per heavy atom. The lowest BCUT2D eigenvalue weighted by molar-refractivity contribution is -0.119. The molecule has 1 atom stereocenters. The van der Waals surface area contributed by atoms with Crippen molar-refractivity contribution in [1.82, 2.24) is 9.78 Å². The normalized spacial score (nSPS) is 12.1. The van der Waals surface area contributed by atoms with E-state index >= 15 is 0 Å². The molecule has 5 nitrogen and oxygen atoms in total. The molecule has 6 heteroatoms. The summed E-state index contributed by atoms with van der Waals surface area (Å²) in [5.41, 5.74) is 1.19. The van der Waals surface area contributed by atoms with Crippen LogP contribution in [0.1, 0.15) is 13.0 Å². The van der Waals surface area contributed by atoms with Gasteiger partial charge in [0.15, 0.2) is 0 Å². The number of halogens is 1. The van der Waals surface area contributed by atoms with E-state index in [0.29, 0.717) is 16.6 Å². The zero-order chi connectivity index (χ0) is 16.4. The highest BCUT2D eigenvalue weighted by Gasteiger charge is 2.17. The van der Waals surface area contributed by atoms with Gasteiger partial charge in [-0.25, -0.2) is 0 Å². The molecule has 116 valence electrons. The topological polar surface area (TPSA) is 64.0 Å². The van der Waals surface area contributed by atoms with Gasteiger partial charge in [0.25, 0.3) is 0 Å². The van der Waals surface area contributed by atoms with E-state index in [1.807, 2.05) is 30.3 Å². The fraction of sp³-hybridized carbons (Fsp3) is 0.118. The van der Waals surface area contributed by atoms with Crippen LogP contribution in [-0.2, 0) is 4.79 Å². The van der Waals surface area contributed by atoms with E-state index < -0.39 is 6.04 Å². The Morgan fingerprint density at radius 3 is 2.61 bits per heavy atom. The van der Waals surface area contributed by atoms with Crippen LogP contribution in [0, 0.1) is 0 Å². The summed E-state index contributed by atoms with van der Waals surface area (Å²) in [6.07, 6.45) is 1.24. The SMILES string of the molecule is C[C@@H](C(=O)Nc1ccc(Br)cc1)n1ncc(=O)c2ccccc21. The predicted octanol–water partition coefficient (Wildman–Crippen LogP) is 3.36. The molecular weight excluding hydrogens is 358 g/mol. The Bertz CT molecular complexity index is 919. The number of aromatic nitrogens is 2. The second kappa shape index (κ2) is 6.34. The molecule has 1 aromatic heterocycles. The Balaban J connectivity index is 1.92. The first-order valence-corrected chi connectivity index (χ1v) is 7.88. The summed E-state index contributed by atoms with van der Waals surface area (Å²) < 4.78 is 2.50. The van der Waals surface area contributed by atoms with Gasteiger partial charge in [-0.2, -0.15) is 5.10 Å². The van der Waals surface area contributed by atoms with Crippen LogP contribution in [0.5, 0.6) is 0 Å². The molecule has 2 aromatic carbocycles. The molecule has 1 N–H and O–H groups in total. The Kier molecular flexibility index (Phi) is 4.25. The molecular formula is C17H14BrN3O2. The molecule has 0 fully saturated rings. The maximum atomic E-state index is 12.5. The number of amides is 1. The Morgan fingerprint density at radius 2 is 1.87 bits per heavy atom. The average Bonchev–Trinajstić information content (AvgIpc) is 2.57. The van der Waals surface area contributed by atoms with Crippen LogP contribution in [0.4, 0.5) is 5.69 Å². The quantitative estimate of drug-likeness (QED) is 0.767. The number of benzene rings is 2. The van der Waals surface area contributed by atoms with Crippen molar-refractivity contribution in [2.45, 2.75) is 13.0 Å². The number of rotatable bonds is 3. The number of hydrogen-bond acceptors (Lipinski definition) is 3. The summed E-state index contributed by atoms with van der Waals surface area (Å²) in [4.78, 5) is 24.3. The summed E-state index contributed by atoms with van der Waals surface area (Å²) in [6, 6.07) is 13.9. The molecule has 0 aliphatic heterocycles. The van der Waals surface area contributed by atoms with Gasteiger partial charge in [-0.1, -0.05) is 28.1 Å². The first-order valence-electron chi connectivity index (χ1n) is 7.09. The minimum absolute atomic E-state index is 0.155. The van der Waals surface area contributed by atoms with E-state index in [-0.39, 0.29) is 11.3 Å². The Labute approximate surface area is 141 Å². The first kappa shape index (κ1) is 15.4. The van der Waals surface area contributed by atoms with Crippen molar-refractivity contribution in [3.05, 3.63) is 69.4 Å². The largest absolute Gasteiger partial charge is 0.324 e. The molecule has 3 aromatic rings. The van der Waals surface area contributed by atoms with Crippen molar-refractivity contribution in [3.63, 3.8) is 0 Å². The van der Waals surface area contributed by atoms with Gasteiger partial charge in [-0.15, -0.1) is 0 Å². The number of carbonyl (C=O) groups is 1. The summed E-state index contributed by atoms with van der Waals surface area (Å²) in [5, 5.41) is 7.51. The predicted molar refractivity (Wildman–Crippen MR) is 93.5 cm³/mol. The van der Waals surface area contributed by atoms with Crippen molar-refractivity contribution in [3.8, 4) is 0 Å². The van der Waals surface area contributed by atoms with Crippen LogP contribution >= 0.6 is 15.9 Å². The van der Waals surface area contributed by atoms with Crippen molar-refractivity contribution < 1.29 is 4.79 Å². The van der Waals surface area contributed by atoms with Gasteiger partial charge in [0.1, 0.15) is 6.04 Å². The van der Waals surface area contributed by atoms with Gasteiger partial charge < -0.3 is 5.32 Å². The third-order valence-electron chi connectivity index (χ3n) is 3.57. The van der Waals surface area contributed by atoms with Crippen LogP contribution in [0.25, 0.3) is 10.9 Å².